The average Bonchev–Trinajstić information content (AvgIpc) is 3.17. The smallest absolute Gasteiger partial charge is 0.425 e. The van der Waals surface area contributed by atoms with Gasteiger partial charge in [0.05, 0.1) is 17.8 Å². The van der Waals surface area contributed by atoms with E-state index in [4.69, 9.17) is 29.5 Å². The molecule has 3 rings (SSSR count). The maximum Gasteiger partial charge on any atom is 0.425 e. The molecule has 3 heterocycles. The van der Waals surface area contributed by atoms with E-state index in [1.165, 1.54) is 0 Å². The molecule has 0 radical (unpaired) electrons. The van der Waals surface area contributed by atoms with E-state index in [9.17, 15) is 19.5 Å². The normalized spacial score (nSPS) is 44.7. The van der Waals surface area contributed by atoms with Crippen LogP contribution in [0.3, 0.4) is 0 Å². The number of ketones is 1. The van der Waals surface area contributed by atoms with Crippen molar-refractivity contribution in [3.8, 4) is 0 Å². The third kappa shape index (κ3) is 6.94. The second-order valence-corrected chi connectivity index (χ2v) is 13.4. The maximum absolute atomic E-state index is 14.0. The van der Waals surface area contributed by atoms with Crippen LogP contribution in [0.1, 0.15) is 74.7 Å². The number of aliphatic hydroxyl groups excluding tert-OH is 1. The highest BCUT2D eigenvalue weighted by Crippen LogP contribution is 2.41. The predicted molar refractivity (Wildman–Crippen MR) is 158 cm³/mol. The summed E-state index contributed by atoms with van der Waals surface area (Å²) in [5, 5.41) is 12.2. The zero-order valence-electron chi connectivity index (χ0n) is 27.7. The van der Waals surface area contributed by atoms with E-state index < -0.39 is 71.7 Å². The number of esters is 1. The summed E-state index contributed by atoms with van der Waals surface area (Å²) in [4.78, 5) is 42.1. The minimum atomic E-state index is -1.36. The van der Waals surface area contributed by atoms with Crippen molar-refractivity contribution in [2.75, 3.05) is 21.2 Å². The van der Waals surface area contributed by atoms with Crippen molar-refractivity contribution >= 4 is 17.8 Å². The Morgan fingerprint density at radius 1 is 1.16 bits per heavy atom. The Kier molecular flexibility index (Phi) is 11.1. The van der Waals surface area contributed by atoms with Gasteiger partial charge in [0.25, 0.3) is 0 Å². The molecule has 2 fully saturated rings. The van der Waals surface area contributed by atoms with Crippen molar-refractivity contribution in [2.24, 2.45) is 23.6 Å². The van der Waals surface area contributed by atoms with Crippen molar-refractivity contribution in [1.29, 1.82) is 0 Å². The van der Waals surface area contributed by atoms with Crippen molar-refractivity contribution in [3.63, 3.8) is 0 Å². The number of nitrogens with two attached hydrogens (primary N) is 1. The van der Waals surface area contributed by atoms with Crippen LogP contribution in [-0.4, -0.2) is 108 Å². The van der Waals surface area contributed by atoms with E-state index in [-0.39, 0.29) is 24.3 Å². The molecular formula is C31H53N3O9. The van der Waals surface area contributed by atoms with Crippen molar-refractivity contribution in [3.05, 3.63) is 11.6 Å². The number of methoxy groups -OCH3 is 1. The third-order valence-corrected chi connectivity index (χ3v) is 9.72. The number of hydrogen-bond acceptors (Lipinski definition) is 11. The minimum absolute atomic E-state index is 0.153. The van der Waals surface area contributed by atoms with Crippen LogP contribution in [-0.2, 0) is 33.3 Å². The molecule has 3 aliphatic heterocycles. The van der Waals surface area contributed by atoms with Crippen LogP contribution in [0.25, 0.3) is 0 Å². The Morgan fingerprint density at radius 2 is 1.79 bits per heavy atom. The summed E-state index contributed by atoms with van der Waals surface area (Å²) in [6.45, 7) is 14.3. The number of fused-ring (bicyclic) bond motifs is 1. The molecule has 246 valence electrons. The molecule has 0 saturated carbocycles. The van der Waals surface area contributed by atoms with E-state index in [0.717, 1.165) is 5.01 Å². The fourth-order valence-electron chi connectivity index (χ4n) is 7.31. The molecule has 0 aromatic carbocycles. The molecule has 3 aliphatic rings. The summed E-state index contributed by atoms with van der Waals surface area (Å²) in [7, 11) is 5.35. The number of nitrogens with zero attached hydrogens (tertiary/aromatic N) is 2. The first-order valence-corrected chi connectivity index (χ1v) is 15.3. The maximum atomic E-state index is 14.0. The number of carbonyl (C=O) groups is 3. The van der Waals surface area contributed by atoms with Gasteiger partial charge in [-0.2, -0.15) is 0 Å². The second kappa shape index (κ2) is 13.5. The Bertz CT molecular complexity index is 1070. The number of likely N-dealkylation sites (N-methyl/N-ethyl adjacent to an activating group) is 1. The molecule has 12 nitrogen and oxygen atoms in total. The van der Waals surface area contributed by atoms with Crippen LogP contribution in [0, 0.1) is 17.8 Å². The molecule has 3 N–H and O–H groups in total. The van der Waals surface area contributed by atoms with Gasteiger partial charge in [0.1, 0.15) is 24.0 Å². The lowest BCUT2D eigenvalue weighted by molar-refractivity contribution is -0.294. The Labute approximate surface area is 256 Å². The summed E-state index contributed by atoms with van der Waals surface area (Å²) in [6, 6.07) is -1.07. The van der Waals surface area contributed by atoms with E-state index >= 15 is 0 Å². The standard InChI is InChI=1S/C31H53N3O9/c1-12-22-31(8)25(34(32)29(38)43-31)20(6)23(35)18(4)15-30(7,39-11)26(16(2)13-17(3)27(37)41-22)42-28-24(36)21(33(9)10)14-19(5)40-28/h13,16,18-22,24-26,28,36H,12,14-15,32H2,1-11H3/b17-13+/t16-,18+,19+,20+,21-,22?,24+,25+,26+,28-,30+,31+/m0/s1. The van der Waals surface area contributed by atoms with Gasteiger partial charge >= 0.3 is 12.1 Å². The summed E-state index contributed by atoms with van der Waals surface area (Å²) >= 11 is 0. The number of ether oxygens (including phenoxy) is 5. The topological polar surface area (TPSA) is 150 Å². The van der Waals surface area contributed by atoms with Crippen molar-refractivity contribution in [2.45, 2.75) is 129 Å². The van der Waals surface area contributed by atoms with E-state index in [0.29, 0.717) is 18.4 Å². The first-order valence-electron chi connectivity index (χ1n) is 15.3. The molecule has 0 aromatic heterocycles. The lowest BCUT2D eigenvalue weighted by atomic mass is 9.74. The van der Waals surface area contributed by atoms with Crippen LogP contribution in [0.15, 0.2) is 11.6 Å². The molecule has 1 amide bonds. The average molecular weight is 612 g/mol. The van der Waals surface area contributed by atoms with E-state index in [1.54, 1.807) is 34.0 Å². The summed E-state index contributed by atoms with van der Waals surface area (Å²) in [6.07, 6.45) is -1.53. The number of hydrazine groups is 1. The van der Waals surface area contributed by atoms with Gasteiger partial charge in [0.15, 0.2) is 11.9 Å². The zero-order valence-corrected chi connectivity index (χ0v) is 27.7. The molecule has 0 aromatic rings. The van der Waals surface area contributed by atoms with Crippen LogP contribution >= 0.6 is 0 Å². The zero-order chi connectivity index (χ0) is 32.6. The summed E-state index contributed by atoms with van der Waals surface area (Å²) in [5.74, 6) is 3.70. The number of cyclic esters (lactones) is 1. The highest BCUT2D eigenvalue weighted by Gasteiger charge is 2.59. The fraction of sp³-hybridized carbons (Fsp3) is 0.839. The highest BCUT2D eigenvalue weighted by atomic mass is 16.7. The lowest BCUT2D eigenvalue weighted by Crippen LogP contribution is -2.59. The van der Waals surface area contributed by atoms with Crippen LogP contribution in [0.4, 0.5) is 4.79 Å². The molecule has 0 aliphatic carbocycles. The molecule has 12 atom stereocenters. The van der Waals surface area contributed by atoms with Crippen LogP contribution in [0.2, 0.25) is 0 Å². The predicted octanol–water partition coefficient (Wildman–Crippen LogP) is 2.81. The summed E-state index contributed by atoms with van der Waals surface area (Å²) in [5.41, 5.74) is -2.09. The number of amides is 1. The molecular weight excluding hydrogens is 558 g/mol. The first kappa shape index (κ1) is 35.4. The van der Waals surface area contributed by atoms with E-state index in [1.807, 2.05) is 53.6 Å². The van der Waals surface area contributed by atoms with Gasteiger partial charge < -0.3 is 33.7 Å². The number of rotatable bonds is 5. The molecule has 2 saturated heterocycles. The van der Waals surface area contributed by atoms with Gasteiger partial charge in [-0.25, -0.2) is 20.4 Å². The molecule has 0 spiro atoms. The van der Waals surface area contributed by atoms with Crippen molar-refractivity contribution < 1.29 is 43.2 Å². The van der Waals surface area contributed by atoms with Gasteiger partial charge in [-0.3, -0.25) is 4.79 Å². The first-order chi connectivity index (χ1) is 19.9. The molecule has 12 heteroatoms. The fourth-order valence-corrected chi connectivity index (χ4v) is 7.31. The molecule has 0 bridgehead atoms. The quantitative estimate of drug-likeness (QED) is 0.268. The molecule has 1 unspecified atom stereocenters. The Balaban J connectivity index is 2.11. The van der Waals surface area contributed by atoms with Gasteiger partial charge in [-0.1, -0.05) is 33.8 Å². The number of hydrogen-bond donors (Lipinski definition) is 2. The van der Waals surface area contributed by atoms with E-state index in [2.05, 4.69) is 0 Å². The van der Waals surface area contributed by atoms with Gasteiger partial charge in [-0.05, 0) is 61.1 Å². The largest absolute Gasteiger partial charge is 0.455 e. The minimum Gasteiger partial charge on any atom is -0.455 e. The Hall–Kier alpha value is -2.09. The number of aliphatic hydroxyl groups is 1. The van der Waals surface area contributed by atoms with Gasteiger partial charge in [-0.15, -0.1) is 0 Å². The second-order valence-electron chi connectivity index (χ2n) is 13.4. The monoisotopic (exact) mass is 611 g/mol. The lowest BCUT2D eigenvalue weighted by Gasteiger charge is -2.46. The van der Waals surface area contributed by atoms with Crippen LogP contribution < -0.4 is 5.84 Å². The Morgan fingerprint density at radius 3 is 2.35 bits per heavy atom. The van der Waals surface area contributed by atoms with Crippen LogP contribution in [0.5, 0.6) is 0 Å². The van der Waals surface area contributed by atoms with Gasteiger partial charge in [0, 0.05) is 36.5 Å². The SMILES string of the molecule is CCC1OC(=O)/C(C)=C/[C@H](C)[C@@H](O[C@@H]2O[C@H](C)C[C@H](N(C)C)[C@H]2O)[C@](C)(OC)C[C@@H](C)C(=O)[C@@H](C)[C@H]2N(N)C(=O)O[C@]12C. The summed E-state index contributed by atoms with van der Waals surface area (Å²) < 4.78 is 30.5. The molecule has 43 heavy (non-hydrogen) atoms. The number of carbonyl (C=O) groups excluding carboxylic acids is 3. The van der Waals surface area contributed by atoms with Gasteiger partial charge in [0.2, 0.25) is 0 Å². The third-order valence-electron chi connectivity index (χ3n) is 9.72. The van der Waals surface area contributed by atoms with Crippen molar-refractivity contribution in [1.82, 2.24) is 9.91 Å². The number of Topliss-reactive ketones (excluding diaryl/α,β-unsaturated/α-hetero) is 1. The highest BCUT2D eigenvalue weighted by molar-refractivity contribution is 5.88.